The summed E-state index contributed by atoms with van der Waals surface area (Å²) in [5, 5.41) is 0. The summed E-state index contributed by atoms with van der Waals surface area (Å²) in [6, 6.07) is 7.53. The van der Waals surface area contributed by atoms with Gasteiger partial charge in [0.05, 0.1) is 0 Å². The number of esters is 1. The van der Waals surface area contributed by atoms with E-state index in [9.17, 15) is 4.79 Å². The van der Waals surface area contributed by atoms with Gasteiger partial charge in [0.1, 0.15) is 6.61 Å². The van der Waals surface area contributed by atoms with E-state index in [0.29, 0.717) is 0 Å². The number of hydrogen-bond donors (Lipinski definition) is 0. The number of aryl methyl sites for hydroxylation is 1. The average molecular weight is 268 g/mol. The van der Waals surface area contributed by atoms with Crippen LogP contribution < -0.4 is 0 Å². The van der Waals surface area contributed by atoms with E-state index in [2.05, 4.69) is 0 Å². The zero-order chi connectivity index (χ0) is 11.5. The van der Waals surface area contributed by atoms with Gasteiger partial charge in [-0.15, -0.1) is 0 Å². The number of carbonyl (C=O) groups is 1. The number of halogens is 3. The third-order valence-electron chi connectivity index (χ3n) is 1.72. The van der Waals surface area contributed by atoms with Gasteiger partial charge in [0.2, 0.25) is 0 Å². The van der Waals surface area contributed by atoms with Gasteiger partial charge < -0.3 is 4.74 Å². The normalized spacial score (nSPS) is 11.2. The minimum atomic E-state index is -2.01. The smallest absolute Gasteiger partial charge is 0.358 e. The van der Waals surface area contributed by atoms with Crippen LogP contribution in [0.15, 0.2) is 24.3 Å². The fraction of sp³-hybridized carbons (Fsp3) is 0.300. The quantitative estimate of drug-likeness (QED) is 0.606. The van der Waals surface area contributed by atoms with Gasteiger partial charge in [-0.2, -0.15) is 0 Å². The van der Waals surface area contributed by atoms with Gasteiger partial charge in [-0.3, -0.25) is 0 Å². The molecule has 0 heterocycles. The van der Waals surface area contributed by atoms with Crippen LogP contribution in [-0.4, -0.2) is 9.76 Å². The largest absolute Gasteiger partial charge is 0.458 e. The van der Waals surface area contributed by atoms with Crippen LogP contribution in [0.4, 0.5) is 0 Å². The first-order valence-electron chi connectivity index (χ1n) is 4.19. The molecule has 0 saturated heterocycles. The molecule has 0 aliphatic carbocycles. The maximum Gasteiger partial charge on any atom is 0.358 e. The minimum Gasteiger partial charge on any atom is -0.458 e. The second-order valence-corrected chi connectivity index (χ2v) is 5.34. The third kappa shape index (κ3) is 4.29. The van der Waals surface area contributed by atoms with Gasteiger partial charge in [0, 0.05) is 0 Å². The summed E-state index contributed by atoms with van der Waals surface area (Å²) < 4.78 is 2.79. The molecule has 1 rings (SSSR count). The molecular formula is C10H9Cl3O2. The van der Waals surface area contributed by atoms with Crippen molar-refractivity contribution in [3.05, 3.63) is 35.4 Å². The molecule has 0 fully saturated rings. The fourth-order valence-electron chi connectivity index (χ4n) is 0.915. The minimum absolute atomic E-state index is 0.104. The van der Waals surface area contributed by atoms with E-state index in [0.717, 1.165) is 11.1 Å². The van der Waals surface area contributed by atoms with Crippen LogP contribution >= 0.6 is 34.8 Å². The number of carbonyl (C=O) groups excluding carboxylic acids is 1. The Morgan fingerprint density at radius 3 is 2.27 bits per heavy atom. The maximum atomic E-state index is 11.1. The first-order valence-corrected chi connectivity index (χ1v) is 5.32. The van der Waals surface area contributed by atoms with E-state index in [1.54, 1.807) is 0 Å². The van der Waals surface area contributed by atoms with E-state index >= 15 is 0 Å². The van der Waals surface area contributed by atoms with E-state index in [4.69, 9.17) is 39.5 Å². The Balaban J connectivity index is 2.51. The lowest BCUT2D eigenvalue weighted by atomic mass is 10.2. The molecule has 0 aliphatic heterocycles. The average Bonchev–Trinajstić information content (AvgIpc) is 2.15. The standard InChI is InChI=1S/C10H9Cl3O2/c1-7-2-4-8(5-3-7)6-15-9(14)10(11,12)13/h2-5H,6H2,1H3. The predicted octanol–water partition coefficient (Wildman–Crippen LogP) is 3.41. The van der Waals surface area contributed by atoms with Crippen LogP contribution in [0.3, 0.4) is 0 Å². The number of hydrogen-bond acceptors (Lipinski definition) is 2. The van der Waals surface area contributed by atoms with Gasteiger partial charge in [0.15, 0.2) is 0 Å². The molecule has 2 nitrogen and oxygen atoms in total. The molecule has 5 heteroatoms. The Labute approximate surface area is 103 Å². The summed E-state index contributed by atoms with van der Waals surface area (Å²) in [6.45, 7) is 2.07. The second-order valence-electron chi connectivity index (χ2n) is 3.06. The topological polar surface area (TPSA) is 26.3 Å². The number of ether oxygens (including phenoxy) is 1. The summed E-state index contributed by atoms with van der Waals surface area (Å²) >= 11 is 16.0. The highest BCUT2D eigenvalue weighted by Gasteiger charge is 2.32. The summed E-state index contributed by atoms with van der Waals surface area (Å²) in [6.07, 6.45) is 0. The summed E-state index contributed by atoms with van der Waals surface area (Å²) in [5.41, 5.74) is 1.98. The monoisotopic (exact) mass is 266 g/mol. The molecule has 1 aromatic carbocycles. The lowest BCUT2D eigenvalue weighted by Crippen LogP contribution is -2.21. The lowest BCUT2D eigenvalue weighted by molar-refractivity contribution is -0.143. The van der Waals surface area contributed by atoms with Gasteiger partial charge in [0.25, 0.3) is 3.79 Å². The van der Waals surface area contributed by atoms with Crippen molar-refractivity contribution >= 4 is 40.8 Å². The predicted molar refractivity (Wildman–Crippen MR) is 61.3 cm³/mol. The number of rotatable bonds is 2. The summed E-state index contributed by atoms with van der Waals surface area (Å²) in [4.78, 5) is 11.1. The van der Waals surface area contributed by atoms with Crippen LogP contribution in [0.5, 0.6) is 0 Å². The maximum absolute atomic E-state index is 11.1. The number of benzene rings is 1. The van der Waals surface area contributed by atoms with Crippen LogP contribution in [0.2, 0.25) is 0 Å². The molecular weight excluding hydrogens is 258 g/mol. The molecule has 0 bridgehead atoms. The van der Waals surface area contributed by atoms with Crippen molar-refractivity contribution in [2.24, 2.45) is 0 Å². The molecule has 0 radical (unpaired) electrons. The van der Waals surface area contributed by atoms with Crippen LogP contribution in [0.1, 0.15) is 11.1 Å². The number of alkyl halides is 3. The van der Waals surface area contributed by atoms with Gasteiger partial charge in [-0.05, 0) is 12.5 Å². The van der Waals surface area contributed by atoms with E-state index in [-0.39, 0.29) is 6.61 Å². The van der Waals surface area contributed by atoms with Gasteiger partial charge in [-0.1, -0.05) is 64.6 Å². The van der Waals surface area contributed by atoms with Crippen LogP contribution in [-0.2, 0) is 16.1 Å². The molecule has 0 aromatic heterocycles. The molecule has 0 N–H and O–H groups in total. The molecule has 0 aliphatic rings. The Morgan fingerprint density at radius 1 is 1.27 bits per heavy atom. The van der Waals surface area contributed by atoms with Crippen molar-refractivity contribution in [1.82, 2.24) is 0 Å². The molecule has 0 amide bonds. The summed E-state index contributed by atoms with van der Waals surface area (Å²) in [7, 11) is 0. The Morgan fingerprint density at radius 2 is 1.80 bits per heavy atom. The zero-order valence-electron chi connectivity index (χ0n) is 7.97. The van der Waals surface area contributed by atoms with E-state index < -0.39 is 9.76 Å². The van der Waals surface area contributed by atoms with Crippen molar-refractivity contribution in [3.63, 3.8) is 0 Å². The highest BCUT2D eigenvalue weighted by molar-refractivity contribution is 6.75. The van der Waals surface area contributed by atoms with E-state index in [1.807, 2.05) is 31.2 Å². The molecule has 0 saturated carbocycles. The van der Waals surface area contributed by atoms with Crippen molar-refractivity contribution in [2.45, 2.75) is 17.3 Å². The van der Waals surface area contributed by atoms with E-state index in [1.165, 1.54) is 0 Å². The van der Waals surface area contributed by atoms with Gasteiger partial charge in [-0.25, -0.2) is 4.79 Å². The van der Waals surface area contributed by atoms with Crippen molar-refractivity contribution in [3.8, 4) is 0 Å². The highest BCUT2D eigenvalue weighted by Crippen LogP contribution is 2.27. The Kier molecular flexibility index (Phi) is 4.26. The lowest BCUT2D eigenvalue weighted by Gasteiger charge is -2.10. The van der Waals surface area contributed by atoms with Crippen molar-refractivity contribution in [1.29, 1.82) is 0 Å². The second kappa shape index (κ2) is 5.06. The first kappa shape index (κ1) is 12.6. The Hall–Kier alpha value is -0.440. The van der Waals surface area contributed by atoms with Crippen molar-refractivity contribution in [2.75, 3.05) is 0 Å². The fourth-order valence-corrected chi connectivity index (χ4v) is 1.08. The van der Waals surface area contributed by atoms with Crippen molar-refractivity contribution < 1.29 is 9.53 Å². The summed E-state index contributed by atoms with van der Waals surface area (Å²) in [5.74, 6) is -0.868. The molecule has 82 valence electrons. The van der Waals surface area contributed by atoms with Gasteiger partial charge >= 0.3 is 5.97 Å². The van der Waals surface area contributed by atoms with Crippen LogP contribution in [0, 0.1) is 6.92 Å². The molecule has 0 unspecified atom stereocenters. The molecule has 0 atom stereocenters. The van der Waals surface area contributed by atoms with Crippen LogP contribution in [0.25, 0.3) is 0 Å². The Bertz CT molecular complexity index is 341. The highest BCUT2D eigenvalue weighted by atomic mass is 35.6. The molecule has 0 spiro atoms. The molecule has 15 heavy (non-hydrogen) atoms. The SMILES string of the molecule is Cc1ccc(COC(=O)C(Cl)(Cl)Cl)cc1. The third-order valence-corrected chi connectivity index (χ3v) is 2.18. The first-order chi connectivity index (χ1) is 6.89. The zero-order valence-corrected chi connectivity index (χ0v) is 10.2. The molecule has 1 aromatic rings.